The molecule has 86 valence electrons. The van der Waals surface area contributed by atoms with Gasteiger partial charge < -0.3 is 15.5 Å². The third-order valence-electron chi connectivity index (χ3n) is 2.20. The van der Waals surface area contributed by atoms with Crippen molar-refractivity contribution in [3.05, 3.63) is 29.8 Å². The van der Waals surface area contributed by atoms with E-state index in [9.17, 15) is 15.0 Å². The minimum Gasteiger partial charge on any atom is -0.389 e. The van der Waals surface area contributed by atoms with E-state index in [1.807, 2.05) is 0 Å². The van der Waals surface area contributed by atoms with Crippen LogP contribution in [0.25, 0.3) is 0 Å². The molecule has 0 aromatic heterocycles. The van der Waals surface area contributed by atoms with Crippen LogP contribution in [-0.2, 0) is 4.79 Å². The van der Waals surface area contributed by atoms with Crippen LogP contribution in [0.3, 0.4) is 0 Å². The van der Waals surface area contributed by atoms with E-state index in [-0.39, 0.29) is 6.54 Å². The molecule has 0 spiro atoms. The number of nitrogens with zero attached hydrogens (tertiary/aromatic N) is 1. The fourth-order valence-electron chi connectivity index (χ4n) is 1.42. The van der Waals surface area contributed by atoms with E-state index in [1.165, 1.54) is 6.08 Å². The Hall–Kier alpha value is -1.52. The third kappa shape index (κ3) is 2.98. The number of nitrogens with one attached hydrogen (secondary N) is 1. The van der Waals surface area contributed by atoms with Crippen molar-refractivity contribution in [2.45, 2.75) is 12.2 Å². The maximum absolute atomic E-state index is 10.2. The Kier molecular flexibility index (Phi) is 4.82. The molecule has 1 rings (SSSR count). The van der Waals surface area contributed by atoms with Crippen LogP contribution in [0.4, 0.5) is 5.69 Å². The normalized spacial score (nSPS) is 13.9. The minimum absolute atomic E-state index is 0.250. The highest BCUT2D eigenvalue weighted by Crippen LogP contribution is 2.26. The molecule has 5 heteroatoms. The molecular weight excluding hydrogens is 208 g/mol. The summed E-state index contributed by atoms with van der Waals surface area (Å²) >= 11 is 0. The molecule has 16 heavy (non-hydrogen) atoms. The summed E-state index contributed by atoms with van der Waals surface area (Å²) in [6.45, 7) is 0.250. The van der Waals surface area contributed by atoms with Crippen LogP contribution in [0.2, 0.25) is 0 Å². The van der Waals surface area contributed by atoms with Crippen LogP contribution in [0, 0.1) is 0 Å². The lowest BCUT2D eigenvalue weighted by atomic mass is 10.0. The molecule has 0 heterocycles. The number of aliphatic hydroxyl groups excluding tert-OH is 2. The number of benzene rings is 1. The maximum Gasteiger partial charge on any atom is 0.240 e. The summed E-state index contributed by atoms with van der Waals surface area (Å²) in [6.07, 6.45) is -0.617. The molecular formula is C11H14N2O3. The van der Waals surface area contributed by atoms with Crippen LogP contribution in [-0.4, -0.2) is 36.0 Å². The number of hydrogen-bond acceptors (Lipinski definition) is 5. The van der Waals surface area contributed by atoms with Crippen LogP contribution in [0.5, 0.6) is 0 Å². The number of likely N-dealkylation sites (N-methyl/N-ethyl adjacent to an activating group) is 1. The predicted octanol–water partition coefficient (Wildman–Crippen LogP) is 0.268. The summed E-state index contributed by atoms with van der Waals surface area (Å²) < 4.78 is 0. The maximum atomic E-state index is 10.2. The molecule has 1 aromatic carbocycles. The summed E-state index contributed by atoms with van der Waals surface area (Å²) in [5.74, 6) is 0. The van der Waals surface area contributed by atoms with Gasteiger partial charge in [-0.3, -0.25) is 0 Å². The lowest BCUT2D eigenvalue weighted by Crippen LogP contribution is -2.29. The van der Waals surface area contributed by atoms with E-state index in [4.69, 9.17) is 0 Å². The molecule has 0 aliphatic carbocycles. The average Bonchev–Trinajstić information content (AvgIpc) is 2.29. The molecule has 2 atom stereocenters. The summed E-state index contributed by atoms with van der Waals surface area (Å²) in [4.78, 5) is 13.7. The molecule has 0 bridgehead atoms. The Morgan fingerprint density at radius 1 is 1.44 bits per heavy atom. The standard InChI is InChI=1S/C11H14N2O3/c1-12-6-10(15)11(16)8-4-2-3-5-9(8)13-7-14/h2-5,10-12,15-16H,6H2,1H3. The van der Waals surface area contributed by atoms with Crippen molar-refractivity contribution in [1.82, 2.24) is 5.32 Å². The van der Waals surface area contributed by atoms with Gasteiger partial charge in [-0.15, -0.1) is 0 Å². The molecule has 0 amide bonds. The summed E-state index contributed by atoms with van der Waals surface area (Å²) in [5.41, 5.74) is 0.730. The number of para-hydroxylation sites is 1. The minimum atomic E-state index is -1.08. The molecule has 2 unspecified atom stereocenters. The second-order valence-corrected chi connectivity index (χ2v) is 3.33. The van der Waals surface area contributed by atoms with E-state index in [0.29, 0.717) is 11.3 Å². The monoisotopic (exact) mass is 222 g/mol. The van der Waals surface area contributed by atoms with Gasteiger partial charge in [0.15, 0.2) is 0 Å². The van der Waals surface area contributed by atoms with Crippen LogP contribution < -0.4 is 5.32 Å². The number of isocyanates is 1. The van der Waals surface area contributed by atoms with Gasteiger partial charge in [0, 0.05) is 12.1 Å². The second kappa shape index (κ2) is 6.15. The molecule has 5 nitrogen and oxygen atoms in total. The van der Waals surface area contributed by atoms with Gasteiger partial charge in [-0.2, -0.15) is 4.99 Å². The first-order chi connectivity index (χ1) is 7.70. The number of hydrogen-bond donors (Lipinski definition) is 3. The molecule has 0 aliphatic rings. The molecule has 1 aromatic rings. The topological polar surface area (TPSA) is 81.9 Å². The summed E-state index contributed by atoms with van der Waals surface area (Å²) in [7, 11) is 1.67. The largest absolute Gasteiger partial charge is 0.389 e. The van der Waals surface area contributed by atoms with Crippen LogP contribution >= 0.6 is 0 Å². The van der Waals surface area contributed by atoms with E-state index >= 15 is 0 Å². The molecule has 0 saturated carbocycles. The Balaban J connectivity index is 2.97. The zero-order valence-corrected chi connectivity index (χ0v) is 8.92. The smallest absolute Gasteiger partial charge is 0.240 e. The fourth-order valence-corrected chi connectivity index (χ4v) is 1.42. The number of carbonyl (C=O) groups excluding carboxylic acids is 1. The van der Waals surface area contributed by atoms with Gasteiger partial charge in [0.2, 0.25) is 6.08 Å². The zero-order chi connectivity index (χ0) is 12.0. The van der Waals surface area contributed by atoms with E-state index in [1.54, 1.807) is 31.3 Å². The Bertz CT molecular complexity index is 389. The molecule has 0 radical (unpaired) electrons. The van der Waals surface area contributed by atoms with Gasteiger partial charge in [-0.1, -0.05) is 18.2 Å². The first kappa shape index (κ1) is 12.5. The van der Waals surface area contributed by atoms with Crippen molar-refractivity contribution in [2.24, 2.45) is 4.99 Å². The van der Waals surface area contributed by atoms with Crippen molar-refractivity contribution in [3.8, 4) is 0 Å². The highest BCUT2D eigenvalue weighted by molar-refractivity contribution is 5.54. The van der Waals surface area contributed by atoms with E-state index in [0.717, 1.165) is 0 Å². The van der Waals surface area contributed by atoms with Gasteiger partial charge in [0.05, 0.1) is 11.8 Å². The fraction of sp³-hybridized carbons (Fsp3) is 0.364. The van der Waals surface area contributed by atoms with Crippen LogP contribution in [0.15, 0.2) is 29.3 Å². The molecule has 0 fully saturated rings. The van der Waals surface area contributed by atoms with Gasteiger partial charge in [0.1, 0.15) is 6.10 Å². The van der Waals surface area contributed by atoms with Crippen molar-refractivity contribution in [2.75, 3.05) is 13.6 Å². The lowest BCUT2D eigenvalue weighted by Gasteiger charge is -2.18. The summed E-state index contributed by atoms with van der Waals surface area (Å²) in [5, 5.41) is 22.2. The third-order valence-corrected chi connectivity index (χ3v) is 2.20. The Morgan fingerprint density at radius 2 is 2.12 bits per heavy atom. The number of aliphatic hydroxyl groups is 2. The first-order valence-corrected chi connectivity index (χ1v) is 4.88. The van der Waals surface area contributed by atoms with Gasteiger partial charge in [-0.25, -0.2) is 4.79 Å². The highest BCUT2D eigenvalue weighted by atomic mass is 16.3. The highest BCUT2D eigenvalue weighted by Gasteiger charge is 2.20. The predicted molar refractivity (Wildman–Crippen MR) is 59.1 cm³/mol. The Labute approximate surface area is 93.5 Å². The van der Waals surface area contributed by atoms with Gasteiger partial charge in [-0.05, 0) is 13.1 Å². The quantitative estimate of drug-likeness (QED) is 0.493. The van der Waals surface area contributed by atoms with Crippen molar-refractivity contribution in [1.29, 1.82) is 0 Å². The number of rotatable bonds is 5. The Morgan fingerprint density at radius 3 is 2.75 bits per heavy atom. The zero-order valence-electron chi connectivity index (χ0n) is 8.92. The van der Waals surface area contributed by atoms with Gasteiger partial charge in [0.25, 0.3) is 0 Å². The van der Waals surface area contributed by atoms with E-state index in [2.05, 4.69) is 10.3 Å². The first-order valence-electron chi connectivity index (χ1n) is 4.88. The van der Waals surface area contributed by atoms with Crippen molar-refractivity contribution < 1.29 is 15.0 Å². The summed E-state index contributed by atoms with van der Waals surface area (Å²) in [6, 6.07) is 6.58. The van der Waals surface area contributed by atoms with Crippen LogP contribution in [0.1, 0.15) is 11.7 Å². The van der Waals surface area contributed by atoms with E-state index < -0.39 is 12.2 Å². The molecule has 0 aliphatic heterocycles. The molecule has 0 saturated heterocycles. The SMILES string of the molecule is CNCC(O)C(O)c1ccccc1N=C=O. The average molecular weight is 222 g/mol. The number of aliphatic imine (C=N–C) groups is 1. The second-order valence-electron chi connectivity index (χ2n) is 3.33. The van der Waals surface area contributed by atoms with Gasteiger partial charge >= 0.3 is 0 Å². The van der Waals surface area contributed by atoms with Crippen molar-refractivity contribution in [3.63, 3.8) is 0 Å². The molecule has 3 N–H and O–H groups in total. The van der Waals surface area contributed by atoms with Crippen molar-refractivity contribution >= 4 is 11.8 Å². The lowest BCUT2D eigenvalue weighted by molar-refractivity contribution is 0.0206.